The third-order valence-electron chi connectivity index (χ3n) is 0.850. The smallest absolute Gasteiger partial charge is 0.485 e. The van der Waals surface area contributed by atoms with Crippen LogP contribution in [0.3, 0.4) is 0 Å². The summed E-state index contributed by atoms with van der Waals surface area (Å²) >= 11 is 0. The topological polar surface area (TPSA) is 172 Å². The molecule has 0 saturated carbocycles. The van der Waals surface area contributed by atoms with Gasteiger partial charge in [-0.2, -0.15) is 39.5 Å². The van der Waals surface area contributed by atoms with Gasteiger partial charge in [-0.25, -0.2) is 25.3 Å². The maximum atomic E-state index is 10.7. The molecule has 0 aromatic rings. The van der Waals surface area contributed by atoms with Crippen LogP contribution >= 0.6 is 0 Å². The Morgan fingerprint density at radius 1 is 0.440 bits per heavy atom. The van der Waals surface area contributed by atoms with E-state index in [1.54, 1.807) is 0 Å². The Bertz CT molecular complexity index is 596. The van der Waals surface area contributed by atoms with Crippen molar-refractivity contribution in [3.8, 4) is 0 Å². The van der Waals surface area contributed by atoms with E-state index in [1.165, 1.54) is 0 Å². The molecule has 25 heavy (non-hydrogen) atoms. The Hall–Kier alpha value is -0.264. The summed E-state index contributed by atoms with van der Waals surface area (Å²) in [6.07, 6.45) is 0. The predicted octanol–water partition coefficient (Wildman–Crippen LogP) is -0.227. The average Bonchev–Trinajstić information content (AvgIpc) is 2.08. The first-order valence-corrected chi connectivity index (χ1v) is 8.04. The van der Waals surface area contributed by atoms with Crippen molar-refractivity contribution in [3.05, 3.63) is 0 Å². The molecule has 0 heterocycles. The zero-order valence-electron chi connectivity index (χ0n) is 10.4. The van der Waals surface area contributed by atoms with Crippen molar-refractivity contribution >= 4 is 50.1 Å². The van der Waals surface area contributed by atoms with E-state index < -0.39 is 46.9 Å². The molecule has 0 amide bonds. The van der Waals surface area contributed by atoms with Crippen LogP contribution < -0.4 is 0 Å². The summed E-state index contributed by atoms with van der Waals surface area (Å²) < 4.78 is 177. The van der Waals surface area contributed by atoms with Gasteiger partial charge in [-0.3, -0.25) is 0 Å². The van der Waals surface area contributed by atoms with Gasteiger partial charge in [0.1, 0.15) is 0 Å². The van der Waals surface area contributed by atoms with Gasteiger partial charge in [0.05, 0.1) is 0 Å². The van der Waals surface area contributed by atoms with E-state index in [9.17, 15) is 39.5 Å². The summed E-state index contributed by atoms with van der Waals surface area (Å²) in [4.78, 5) is 0. The van der Waals surface area contributed by atoms with Gasteiger partial charge in [-0.05, 0) is 0 Å². The van der Waals surface area contributed by atoms with Crippen LogP contribution in [0.2, 0.25) is 0 Å². The molecule has 0 unspecified atom stereocenters. The summed E-state index contributed by atoms with van der Waals surface area (Å²) in [5.41, 5.74) is -16.9. The molecule has 22 heteroatoms. The van der Waals surface area contributed by atoms with Crippen molar-refractivity contribution in [2.75, 3.05) is 0 Å². The third-order valence-corrected chi connectivity index (χ3v) is 2.55. The van der Waals surface area contributed by atoms with Crippen molar-refractivity contribution in [1.82, 2.24) is 0 Å². The fourth-order valence-corrected chi connectivity index (χ4v) is 0. The second-order valence-corrected chi connectivity index (χ2v) is 6.81. The maximum Gasteiger partial charge on any atom is 0.485 e. The Labute approximate surface area is 145 Å². The van der Waals surface area contributed by atoms with Crippen LogP contribution in [0.1, 0.15) is 0 Å². The van der Waals surface area contributed by atoms with Gasteiger partial charge < -0.3 is 13.7 Å². The minimum Gasteiger partial charge on any atom is -0.741 e. The Morgan fingerprint density at radius 3 is 0.480 bits per heavy atom. The molecule has 0 aliphatic rings. The third kappa shape index (κ3) is 15.7. The molecular formula is C3F9GaO9S3-3. The molecule has 9 nitrogen and oxygen atoms in total. The summed E-state index contributed by atoms with van der Waals surface area (Å²) in [6.45, 7) is 0. The molecule has 0 N–H and O–H groups in total. The minimum absolute atomic E-state index is 0. The number of hydrogen-bond donors (Lipinski definition) is 0. The van der Waals surface area contributed by atoms with Gasteiger partial charge in [-0.1, -0.05) is 0 Å². The van der Waals surface area contributed by atoms with Crippen LogP contribution in [0.4, 0.5) is 39.5 Å². The zero-order chi connectivity index (χ0) is 21.0. The molecular weight excluding hydrogens is 517 g/mol. The predicted molar refractivity (Wildman–Crippen MR) is 53.0 cm³/mol. The van der Waals surface area contributed by atoms with Crippen molar-refractivity contribution in [3.63, 3.8) is 0 Å². The number of hydrogen-bond acceptors (Lipinski definition) is 9. The fraction of sp³-hybridized carbons (Fsp3) is 1.00. The monoisotopic (exact) mass is 516 g/mol. The summed E-state index contributed by atoms with van der Waals surface area (Å²) in [7, 11) is -18.3. The zero-order valence-corrected chi connectivity index (χ0v) is 15.3. The van der Waals surface area contributed by atoms with Crippen LogP contribution in [0, 0.1) is 0 Å². The SMILES string of the molecule is O=S(=O)([O-])C(F)(F)F.O=S(=O)([O-])C(F)(F)F.O=S(=O)([O-])C(F)(F)F.[Ga]. The summed E-state index contributed by atoms with van der Waals surface area (Å²) in [6, 6.07) is 0. The second-order valence-electron chi connectivity index (χ2n) is 2.70. The molecule has 0 aliphatic carbocycles. The molecule has 0 spiro atoms. The summed E-state index contributed by atoms with van der Waals surface area (Å²) in [5, 5.41) is 0. The minimum atomic E-state index is -6.09. The molecule has 3 radical (unpaired) electrons. The molecule has 0 aliphatic heterocycles. The van der Waals surface area contributed by atoms with E-state index in [0.717, 1.165) is 0 Å². The van der Waals surface area contributed by atoms with Crippen molar-refractivity contribution in [2.24, 2.45) is 0 Å². The molecule has 0 fully saturated rings. The van der Waals surface area contributed by atoms with Crippen LogP contribution in [0.5, 0.6) is 0 Å². The number of alkyl halides is 9. The van der Waals surface area contributed by atoms with Crippen molar-refractivity contribution < 1.29 is 78.4 Å². The van der Waals surface area contributed by atoms with E-state index in [0.29, 0.717) is 0 Å². The van der Waals surface area contributed by atoms with Gasteiger partial charge in [0.15, 0.2) is 30.4 Å². The molecule has 0 saturated heterocycles. The first kappa shape index (κ1) is 32.4. The molecule has 0 rings (SSSR count). The standard InChI is InChI=1S/3CHF3O3S.Ga/c3*2-1(3,4)8(5,6)7;/h3*(H,5,6,7);/p-3. The van der Waals surface area contributed by atoms with Gasteiger partial charge in [0, 0.05) is 19.8 Å². The quantitative estimate of drug-likeness (QED) is 0.182. The van der Waals surface area contributed by atoms with Crippen LogP contribution in [0.15, 0.2) is 0 Å². The van der Waals surface area contributed by atoms with E-state index in [-0.39, 0.29) is 19.8 Å². The molecule has 153 valence electrons. The Kier molecular flexibility index (Phi) is 12.5. The molecule has 0 aromatic carbocycles. The van der Waals surface area contributed by atoms with Crippen molar-refractivity contribution in [1.29, 1.82) is 0 Å². The largest absolute Gasteiger partial charge is 0.741 e. The Morgan fingerprint density at radius 2 is 0.480 bits per heavy atom. The van der Waals surface area contributed by atoms with Crippen LogP contribution in [-0.4, -0.2) is 75.2 Å². The Balaban J connectivity index is -0.000000130. The normalized spacial score (nSPS) is 13.4. The number of rotatable bonds is 0. The van der Waals surface area contributed by atoms with E-state index in [2.05, 4.69) is 0 Å². The van der Waals surface area contributed by atoms with Gasteiger partial charge in [0.2, 0.25) is 0 Å². The first-order valence-electron chi connectivity index (χ1n) is 3.81. The van der Waals surface area contributed by atoms with Crippen LogP contribution in [0.25, 0.3) is 0 Å². The average molecular weight is 517 g/mol. The number of halogens is 9. The molecule has 0 aromatic heterocycles. The second kappa shape index (κ2) is 9.61. The van der Waals surface area contributed by atoms with Gasteiger partial charge in [-0.15, -0.1) is 0 Å². The maximum absolute atomic E-state index is 10.7. The molecule has 0 bridgehead atoms. The first-order chi connectivity index (χ1) is 9.75. The summed E-state index contributed by atoms with van der Waals surface area (Å²) in [5.74, 6) is 0. The van der Waals surface area contributed by atoms with Gasteiger partial charge >= 0.3 is 16.5 Å². The molecule has 0 atom stereocenters. The van der Waals surface area contributed by atoms with E-state index >= 15 is 0 Å². The van der Waals surface area contributed by atoms with E-state index in [1.807, 2.05) is 0 Å². The van der Waals surface area contributed by atoms with E-state index in [4.69, 9.17) is 38.9 Å². The fourth-order valence-electron chi connectivity index (χ4n) is 0. The van der Waals surface area contributed by atoms with Crippen molar-refractivity contribution in [2.45, 2.75) is 16.5 Å². The van der Waals surface area contributed by atoms with Gasteiger partial charge in [0.25, 0.3) is 0 Å². The van der Waals surface area contributed by atoms with Crippen LogP contribution in [-0.2, 0) is 30.4 Å².